The van der Waals surface area contributed by atoms with E-state index >= 15 is 0 Å². The fraction of sp³-hybridized carbons (Fsp3) is 0.429. The molecule has 2 heterocycles. The van der Waals surface area contributed by atoms with Crippen molar-refractivity contribution in [2.45, 2.75) is 51.0 Å². The van der Waals surface area contributed by atoms with Crippen molar-refractivity contribution in [3.05, 3.63) is 56.5 Å². The molecule has 1 aromatic carbocycles. The first-order chi connectivity index (χ1) is 13.0. The van der Waals surface area contributed by atoms with Gasteiger partial charge in [-0.3, -0.25) is 9.79 Å². The fourth-order valence-electron chi connectivity index (χ4n) is 3.99. The van der Waals surface area contributed by atoms with E-state index in [-0.39, 0.29) is 24.0 Å². The topological polar surface area (TPSA) is 55.5 Å². The summed E-state index contributed by atoms with van der Waals surface area (Å²) in [6.45, 7) is 1.92. The summed E-state index contributed by atoms with van der Waals surface area (Å²) >= 11 is 3.06. The quantitative estimate of drug-likeness (QED) is 0.660. The van der Waals surface area contributed by atoms with Crippen LogP contribution in [0.15, 0.2) is 28.6 Å². The predicted molar refractivity (Wildman–Crippen MR) is 119 cm³/mol. The number of hydrogen-bond donors (Lipinski definition) is 1. The zero-order valence-electron chi connectivity index (χ0n) is 15.8. The summed E-state index contributed by atoms with van der Waals surface area (Å²) in [6, 6.07) is 4.98. The van der Waals surface area contributed by atoms with Crippen molar-refractivity contribution in [1.29, 1.82) is 0 Å². The molecule has 0 radical (unpaired) electrons. The minimum absolute atomic E-state index is 0. The van der Waals surface area contributed by atoms with E-state index in [0.29, 0.717) is 17.2 Å². The first-order valence-corrected chi connectivity index (χ1v) is 11.2. The number of aryl methyl sites for hydroxylation is 1. The van der Waals surface area contributed by atoms with Gasteiger partial charge in [0.05, 0.1) is 10.4 Å². The van der Waals surface area contributed by atoms with Crippen LogP contribution in [0, 0.1) is 5.82 Å². The van der Waals surface area contributed by atoms with Crippen molar-refractivity contribution >= 4 is 46.5 Å². The van der Waals surface area contributed by atoms with Crippen LogP contribution in [0.25, 0.3) is 0 Å². The number of carbonyl (C=O) groups excluding carboxylic acids is 1. The number of fused-ring (bicyclic) bond motifs is 1. The molecule has 3 nitrogen and oxygen atoms in total. The molecule has 1 aliphatic heterocycles. The largest absolute Gasteiger partial charge is 0.379 e. The van der Waals surface area contributed by atoms with Gasteiger partial charge in [0.2, 0.25) is 0 Å². The van der Waals surface area contributed by atoms with Crippen molar-refractivity contribution in [2.24, 2.45) is 10.7 Å². The average molecular weight is 439 g/mol. The lowest BCUT2D eigenvalue weighted by molar-refractivity contribution is 0.0995. The second-order valence-corrected chi connectivity index (χ2v) is 9.51. The highest BCUT2D eigenvalue weighted by molar-refractivity contribution is 8.13. The van der Waals surface area contributed by atoms with Crippen LogP contribution in [0.4, 0.5) is 4.39 Å². The first-order valence-electron chi connectivity index (χ1n) is 9.36. The summed E-state index contributed by atoms with van der Waals surface area (Å²) in [5, 5.41) is 2.63. The second-order valence-electron chi connectivity index (χ2n) is 7.51. The number of halogens is 2. The molecule has 0 saturated heterocycles. The Labute approximate surface area is 179 Å². The highest BCUT2D eigenvalue weighted by Gasteiger charge is 2.32. The van der Waals surface area contributed by atoms with Crippen molar-refractivity contribution in [2.75, 3.05) is 5.75 Å². The van der Waals surface area contributed by atoms with Gasteiger partial charge < -0.3 is 5.73 Å². The Morgan fingerprint density at radius 1 is 1.32 bits per heavy atom. The summed E-state index contributed by atoms with van der Waals surface area (Å²) in [6.07, 6.45) is 5.46. The Hall–Kier alpha value is -1.37. The summed E-state index contributed by atoms with van der Waals surface area (Å²) in [5.74, 6) is 0.661. The lowest BCUT2D eigenvalue weighted by Crippen LogP contribution is -2.29. The Balaban J connectivity index is 0.00000225. The van der Waals surface area contributed by atoms with Gasteiger partial charge in [-0.1, -0.05) is 17.8 Å². The Morgan fingerprint density at radius 3 is 2.89 bits per heavy atom. The van der Waals surface area contributed by atoms with Crippen LogP contribution < -0.4 is 5.73 Å². The highest BCUT2D eigenvalue weighted by atomic mass is 35.5. The van der Waals surface area contributed by atoms with Crippen molar-refractivity contribution in [3.8, 4) is 0 Å². The van der Waals surface area contributed by atoms with Crippen LogP contribution in [-0.2, 0) is 24.8 Å². The van der Waals surface area contributed by atoms with Gasteiger partial charge in [0.25, 0.3) is 0 Å². The predicted octanol–water partition coefficient (Wildman–Crippen LogP) is 5.28. The van der Waals surface area contributed by atoms with Gasteiger partial charge in [0, 0.05) is 17.7 Å². The van der Waals surface area contributed by atoms with E-state index in [1.54, 1.807) is 23.5 Å². The number of aliphatic imine (C=N–C) groups is 1. The molecular formula is C21H24ClFN2OS2. The smallest absolute Gasteiger partial charge is 0.177 e. The minimum Gasteiger partial charge on any atom is -0.379 e. The highest BCUT2D eigenvalue weighted by Crippen LogP contribution is 2.37. The minimum atomic E-state index is -0.666. The van der Waals surface area contributed by atoms with Gasteiger partial charge in [-0.15, -0.1) is 23.7 Å². The molecule has 2 aromatic rings. The second kappa shape index (κ2) is 8.56. The van der Waals surface area contributed by atoms with Crippen molar-refractivity contribution in [1.82, 2.24) is 0 Å². The molecule has 0 fully saturated rings. The number of ketones is 1. The number of carbonyl (C=O) groups is 1. The van der Waals surface area contributed by atoms with Crippen LogP contribution in [-0.4, -0.2) is 16.7 Å². The monoisotopic (exact) mass is 438 g/mol. The van der Waals surface area contributed by atoms with Gasteiger partial charge in [0.15, 0.2) is 11.0 Å². The number of thiophene rings is 1. The number of rotatable bonds is 4. The van der Waals surface area contributed by atoms with E-state index in [2.05, 4.69) is 10.4 Å². The maximum absolute atomic E-state index is 14.6. The van der Waals surface area contributed by atoms with Gasteiger partial charge in [-0.25, -0.2) is 4.39 Å². The SMILES string of the molecule is C[C@@]1(c2cc(CC(=O)c3scc4c3CCCC4)ccc2F)CCSC(N)=N1.Cl. The van der Waals surface area contributed by atoms with Gasteiger partial charge in [-0.2, -0.15) is 0 Å². The zero-order chi connectivity index (χ0) is 19.0. The molecule has 0 spiro atoms. The Bertz CT molecular complexity index is 927. The van der Waals surface area contributed by atoms with Crippen molar-refractivity contribution in [3.63, 3.8) is 0 Å². The summed E-state index contributed by atoms with van der Waals surface area (Å²) in [7, 11) is 0. The molecule has 150 valence electrons. The number of nitrogens with two attached hydrogens (primary N) is 1. The molecule has 1 aromatic heterocycles. The van der Waals surface area contributed by atoms with E-state index < -0.39 is 5.54 Å². The maximum Gasteiger partial charge on any atom is 0.177 e. The third-order valence-corrected chi connectivity index (χ3v) is 7.44. The number of amidine groups is 1. The molecule has 1 aliphatic carbocycles. The van der Waals surface area contributed by atoms with Crippen LogP contribution in [0.2, 0.25) is 0 Å². The average Bonchev–Trinajstić information content (AvgIpc) is 3.07. The summed E-state index contributed by atoms with van der Waals surface area (Å²) in [4.78, 5) is 18.3. The summed E-state index contributed by atoms with van der Waals surface area (Å²) in [5.41, 5.74) is 9.17. The van der Waals surface area contributed by atoms with E-state index in [0.717, 1.165) is 41.9 Å². The Morgan fingerprint density at radius 2 is 2.11 bits per heavy atom. The number of benzene rings is 1. The third-order valence-electron chi connectivity index (χ3n) is 5.53. The Kier molecular flexibility index (Phi) is 6.52. The summed E-state index contributed by atoms with van der Waals surface area (Å²) < 4.78 is 14.6. The van der Waals surface area contributed by atoms with Crippen LogP contribution >= 0.6 is 35.5 Å². The normalized spacial score (nSPS) is 21.4. The van der Waals surface area contributed by atoms with Gasteiger partial charge in [0.1, 0.15) is 5.82 Å². The molecule has 28 heavy (non-hydrogen) atoms. The van der Waals surface area contributed by atoms with E-state index in [1.807, 2.05) is 6.92 Å². The molecule has 0 unspecified atom stereocenters. The molecule has 0 bridgehead atoms. The van der Waals surface area contributed by atoms with E-state index in [9.17, 15) is 9.18 Å². The third kappa shape index (κ3) is 4.14. The van der Waals surface area contributed by atoms with E-state index in [1.165, 1.54) is 35.4 Å². The molecular weight excluding hydrogens is 415 g/mol. The van der Waals surface area contributed by atoms with E-state index in [4.69, 9.17) is 5.73 Å². The maximum atomic E-state index is 14.6. The molecule has 1 atom stereocenters. The molecule has 7 heteroatoms. The standard InChI is InChI=1S/C21H23FN2OS2.ClH/c1-21(8-9-26-20(23)24-21)16-10-13(6-7-17(16)22)11-18(25)19-15-5-3-2-4-14(15)12-27-19;/h6-7,10,12H,2-5,8-9,11H2,1H3,(H2,23,24);1H/t21-;/m0./s1. The lowest BCUT2D eigenvalue weighted by Gasteiger charge is -2.30. The van der Waals surface area contributed by atoms with Gasteiger partial charge in [-0.05, 0) is 73.2 Å². The molecule has 2 N–H and O–H groups in total. The molecule has 2 aliphatic rings. The number of hydrogen-bond acceptors (Lipinski definition) is 5. The van der Waals surface area contributed by atoms with Crippen molar-refractivity contribution < 1.29 is 9.18 Å². The number of Topliss-reactive ketones (excluding diaryl/α,β-unsaturated/α-hetero) is 1. The molecule has 4 rings (SSSR count). The van der Waals surface area contributed by atoms with Crippen LogP contribution in [0.3, 0.4) is 0 Å². The molecule has 0 amide bonds. The lowest BCUT2D eigenvalue weighted by atomic mass is 9.87. The fourth-order valence-corrected chi connectivity index (χ4v) is 6.07. The molecule has 0 saturated carbocycles. The number of thioether (sulfide) groups is 1. The van der Waals surface area contributed by atoms with Crippen LogP contribution in [0.1, 0.15) is 58.1 Å². The first kappa shape index (κ1) is 21.3. The zero-order valence-corrected chi connectivity index (χ0v) is 18.2. The van der Waals surface area contributed by atoms with Crippen LogP contribution in [0.5, 0.6) is 0 Å². The van der Waals surface area contributed by atoms with Gasteiger partial charge >= 0.3 is 0 Å². The number of nitrogens with zero attached hydrogens (tertiary/aromatic N) is 1.